The average Bonchev–Trinajstić information content (AvgIpc) is 1.49. The molecule has 0 amide bonds. The molecular formula is C7H21BO2Si2. The second-order valence-corrected chi connectivity index (χ2v) is 13.9. The maximum absolute atomic E-state index is 5.77. The highest BCUT2D eigenvalue weighted by Gasteiger charge is 2.26. The quantitative estimate of drug-likeness (QED) is 0.655. The van der Waals surface area contributed by atoms with Crippen LogP contribution in [0.4, 0.5) is 0 Å². The molecule has 0 spiro atoms. The molecule has 2 nitrogen and oxygen atoms in total. The van der Waals surface area contributed by atoms with Crippen molar-refractivity contribution >= 4 is 23.8 Å². The minimum Gasteiger partial charge on any atom is -0.454 e. The van der Waals surface area contributed by atoms with E-state index in [0.717, 1.165) is 0 Å². The fraction of sp³-hybridized carbons (Fsp3) is 1.00. The summed E-state index contributed by atoms with van der Waals surface area (Å²) in [6.45, 7) is 15.1. The van der Waals surface area contributed by atoms with Gasteiger partial charge in [-0.25, -0.2) is 0 Å². The topological polar surface area (TPSA) is 18.5 Å². The van der Waals surface area contributed by atoms with E-state index in [0.29, 0.717) is 0 Å². The molecule has 0 atom stereocenters. The monoisotopic (exact) mass is 204 g/mol. The van der Waals surface area contributed by atoms with E-state index < -0.39 is 16.6 Å². The smallest absolute Gasteiger partial charge is 0.432 e. The summed E-state index contributed by atoms with van der Waals surface area (Å²) >= 11 is 0. The Morgan fingerprint density at radius 2 is 1.00 bits per heavy atom. The van der Waals surface area contributed by atoms with Crippen molar-refractivity contribution in [3.8, 4) is 0 Å². The first-order valence-corrected chi connectivity index (χ1v) is 11.3. The van der Waals surface area contributed by atoms with Crippen LogP contribution in [0.2, 0.25) is 46.1 Å². The predicted octanol–water partition coefficient (Wildman–Crippen LogP) is 2.81. The lowest BCUT2D eigenvalue weighted by Crippen LogP contribution is -2.41. The van der Waals surface area contributed by atoms with Gasteiger partial charge in [0.25, 0.3) is 0 Å². The molecule has 0 aromatic carbocycles. The first-order chi connectivity index (χ1) is 5.10. The summed E-state index contributed by atoms with van der Waals surface area (Å²) in [6, 6.07) is 0. The predicted molar refractivity (Wildman–Crippen MR) is 60.5 cm³/mol. The Balaban J connectivity index is 3.83. The second kappa shape index (κ2) is 4.09. The van der Waals surface area contributed by atoms with Gasteiger partial charge >= 0.3 is 7.12 Å². The largest absolute Gasteiger partial charge is 0.454 e. The summed E-state index contributed by atoms with van der Waals surface area (Å²) in [6.07, 6.45) is 0. The molecule has 0 heterocycles. The molecule has 12 heavy (non-hydrogen) atoms. The normalized spacial score (nSPS) is 13.2. The first-order valence-electron chi connectivity index (χ1n) is 4.46. The molecule has 5 heteroatoms. The van der Waals surface area contributed by atoms with E-state index in [-0.39, 0.29) is 7.12 Å². The summed E-state index contributed by atoms with van der Waals surface area (Å²) in [5.74, 6) is 0. The van der Waals surface area contributed by atoms with Crippen molar-refractivity contribution in [1.29, 1.82) is 0 Å². The molecule has 0 aromatic heterocycles. The Labute approximate surface area is 79.1 Å². The minimum atomic E-state index is -1.42. The maximum Gasteiger partial charge on any atom is 0.432 e. The lowest BCUT2D eigenvalue weighted by Gasteiger charge is -2.26. The molecule has 0 aliphatic rings. The summed E-state index contributed by atoms with van der Waals surface area (Å²) in [4.78, 5) is 0. The van der Waals surface area contributed by atoms with Crippen LogP contribution in [0.1, 0.15) is 0 Å². The summed E-state index contributed by atoms with van der Waals surface area (Å²) < 4.78 is 11.5. The Morgan fingerprint density at radius 1 is 0.750 bits per heavy atom. The van der Waals surface area contributed by atoms with Crippen molar-refractivity contribution in [2.45, 2.75) is 46.1 Å². The van der Waals surface area contributed by atoms with Crippen molar-refractivity contribution in [2.75, 3.05) is 0 Å². The zero-order chi connectivity index (χ0) is 9.99. The van der Waals surface area contributed by atoms with Crippen LogP contribution in [0.25, 0.3) is 0 Å². The molecule has 72 valence electrons. The Morgan fingerprint density at radius 3 is 1.17 bits per heavy atom. The maximum atomic E-state index is 5.77. The first kappa shape index (κ1) is 12.4. The number of hydrogen-bond acceptors (Lipinski definition) is 2. The fourth-order valence-electron chi connectivity index (χ4n) is 1.02. The van der Waals surface area contributed by atoms with Gasteiger partial charge in [-0.2, -0.15) is 0 Å². The van der Waals surface area contributed by atoms with Gasteiger partial charge in [0.1, 0.15) is 0 Å². The highest BCUT2D eigenvalue weighted by atomic mass is 28.4. The molecule has 0 aliphatic heterocycles. The van der Waals surface area contributed by atoms with E-state index in [1.165, 1.54) is 0 Å². The summed E-state index contributed by atoms with van der Waals surface area (Å²) in [5.41, 5.74) is 0. The molecule has 0 aliphatic carbocycles. The SMILES string of the molecule is CB(O[Si](C)(C)C)O[Si](C)(C)C. The van der Waals surface area contributed by atoms with E-state index in [1.807, 2.05) is 6.82 Å². The van der Waals surface area contributed by atoms with Gasteiger partial charge < -0.3 is 8.69 Å². The summed E-state index contributed by atoms with van der Waals surface area (Å²) in [7, 11) is -2.87. The van der Waals surface area contributed by atoms with Crippen LogP contribution >= 0.6 is 0 Å². The van der Waals surface area contributed by atoms with Gasteiger partial charge in [0.2, 0.25) is 0 Å². The Kier molecular flexibility index (Phi) is 4.23. The Hall–Kier alpha value is 0.419. The highest BCUT2D eigenvalue weighted by molar-refractivity contribution is 6.80. The van der Waals surface area contributed by atoms with Crippen LogP contribution in [-0.2, 0) is 8.69 Å². The van der Waals surface area contributed by atoms with Gasteiger partial charge in [0.15, 0.2) is 16.6 Å². The number of rotatable bonds is 4. The van der Waals surface area contributed by atoms with Gasteiger partial charge in [0.05, 0.1) is 0 Å². The third-order valence-corrected chi connectivity index (χ3v) is 3.12. The van der Waals surface area contributed by atoms with E-state index in [1.54, 1.807) is 0 Å². The highest BCUT2D eigenvalue weighted by Crippen LogP contribution is 2.10. The molecule has 0 radical (unpaired) electrons. The van der Waals surface area contributed by atoms with Gasteiger partial charge in [-0.15, -0.1) is 0 Å². The summed E-state index contributed by atoms with van der Waals surface area (Å²) in [5, 5.41) is 0. The van der Waals surface area contributed by atoms with E-state index in [9.17, 15) is 0 Å². The van der Waals surface area contributed by atoms with Gasteiger partial charge in [0, 0.05) is 0 Å². The van der Waals surface area contributed by atoms with Crippen LogP contribution in [0.15, 0.2) is 0 Å². The van der Waals surface area contributed by atoms with Gasteiger partial charge in [-0.1, -0.05) is 0 Å². The van der Waals surface area contributed by atoms with E-state index in [4.69, 9.17) is 8.69 Å². The van der Waals surface area contributed by atoms with Gasteiger partial charge in [-0.3, -0.25) is 0 Å². The molecule has 0 saturated heterocycles. The lowest BCUT2D eigenvalue weighted by molar-refractivity contribution is 0.428. The standard InChI is InChI=1S/C7H21BO2Si2/c1-8(9-11(2,3)4)10-12(5,6)7/h1-7H3. The molecule has 0 fully saturated rings. The lowest BCUT2D eigenvalue weighted by atomic mass is 9.98. The third-order valence-electron chi connectivity index (χ3n) is 1.04. The van der Waals surface area contributed by atoms with Crippen LogP contribution in [0.5, 0.6) is 0 Å². The van der Waals surface area contributed by atoms with Crippen molar-refractivity contribution in [1.82, 2.24) is 0 Å². The minimum absolute atomic E-state index is 0.0247. The van der Waals surface area contributed by atoms with Crippen LogP contribution in [0.3, 0.4) is 0 Å². The zero-order valence-corrected chi connectivity index (χ0v) is 11.4. The zero-order valence-electron chi connectivity index (χ0n) is 9.39. The molecule has 0 aromatic rings. The second-order valence-electron chi connectivity index (χ2n) is 5.03. The van der Waals surface area contributed by atoms with E-state index in [2.05, 4.69) is 39.3 Å². The molecular weight excluding hydrogens is 183 g/mol. The fourth-order valence-corrected chi connectivity index (χ4v) is 3.20. The molecule has 0 unspecified atom stereocenters. The van der Waals surface area contributed by atoms with Gasteiger partial charge in [-0.05, 0) is 46.1 Å². The molecule has 0 saturated carbocycles. The molecule has 0 rings (SSSR count). The number of hydrogen-bond donors (Lipinski definition) is 0. The van der Waals surface area contributed by atoms with Crippen molar-refractivity contribution in [2.24, 2.45) is 0 Å². The van der Waals surface area contributed by atoms with Crippen molar-refractivity contribution in [3.63, 3.8) is 0 Å². The third kappa shape index (κ3) is 8.51. The molecule has 0 bridgehead atoms. The van der Waals surface area contributed by atoms with Crippen LogP contribution < -0.4 is 0 Å². The molecule has 0 N–H and O–H groups in total. The van der Waals surface area contributed by atoms with Crippen LogP contribution in [-0.4, -0.2) is 23.8 Å². The van der Waals surface area contributed by atoms with Crippen LogP contribution in [0, 0.1) is 0 Å². The average molecular weight is 204 g/mol. The van der Waals surface area contributed by atoms with E-state index >= 15 is 0 Å². The van der Waals surface area contributed by atoms with Crippen molar-refractivity contribution < 1.29 is 8.69 Å². The van der Waals surface area contributed by atoms with Crippen molar-refractivity contribution in [3.05, 3.63) is 0 Å². The Bertz CT molecular complexity index is 123.